The van der Waals surface area contributed by atoms with Crippen LogP contribution in [0.5, 0.6) is 5.75 Å². The minimum absolute atomic E-state index is 0.422. The summed E-state index contributed by atoms with van der Waals surface area (Å²) in [6, 6.07) is 21.3. The average Bonchev–Trinajstić information content (AvgIpc) is 3.20. The van der Waals surface area contributed by atoms with E-state index in [9.17, 15) is 0 Å². The summed E-state index contributed by atoms with van der Waals surface area (Å²) < 4.78 is 6.02. The zero-order chi connectivity index (χ0) is 23.7. The van der Waals surface area contributed by atoms with Gasteiger partial charge in [0.15, 0.2) is 0 Å². The number of aromatic nitrogens is 2. The van der Waals surface area contributed by atoms with Crippen molar-refractivity contribution in [2.75, 3.05) is 36.4 Å². The van der Waals surface area contributed by atoms with E-state index >= 15 is 0 Å². The molecule has 1 N–H and O–H groups in total. The van der Waals surface area contributed by atoms with Crippen LogP contribution >= 0.6 is 0 Å². The van der Waals surface area contributed by atoms with Gasteiger partial charge in [-0.2, -0.15) is 4.98 Å². The van der Waals surface area contributed by atoms with Gasteiger partial charge >= 0.3 is 0 Å². The molecular weight excluding hydrogens is 434 g/mol. The van der Waals surface area contributed by atoms with Crippen molar-refractivity contribution in [2.24, 2.45) is 0 Å². The molecule has 5 rings (SSSR count). The Morgan fingerprint density at radius 3 is 2.40 bits per heavy atom. The molecule has 2 saturated heterocycles. The molecule has 0 unspecified atom stereocenters. The van der Waals surface area contributed by atoms with Crippen LogP contribution in [0.15, 0.2) is 66.9 Å². The van der Waals surface area contributed by atoms with Gasteiger partial charge in [0.05, 0.1) is 0 Å². The Morgan fingerprint density at radius 2 is 1.60 bits per heavy atom. The number of ether oxygens (including phenoxy) is 1. The van der Waals surface area contributed by atoms with E-state index in [2.05, 4.69) is 56.5 Å². The minimum Gasteiger partial charge on any atom is -0.489 e. The van der Waals surface area contributed by atoms with E-state index < -0.39 is 0 Å². The fourth-order valence-electron chi connectivity index (χ4n) is 5.05. The van der Waals surface area contributed by atoms with Gasteiger partial charge in [0.1, 0.15) is 18.2 Å². The molecule has 2 aromatic carbocycles. The van der Waals surface area contributed by atoms with Gasteiger partial charge in [-0.05, 0) is 55.0 Å². The molecule has 6 heteroatoms. The van der Waals surface area contributed by atoms with Crippen LogP contribution in [-0.4, -0.2) is 47.1 Å². The van der Waals surface area contributed by atoms with Crippen molar-refractivity contribution < 1.29 is 4.74 Å². The summed E-state index contributed by atoms with van der Waals surface area (Å²) in [5, 5.41) is 3.61. The molecule has 1 aromatic heterocycles. The van der Waals surface area contributed by atoms with E-state index in [1.54, 1.807) is 0 Å². The van der Waals surface area contributed by atoms with Gasteiger partial charge in [-0.15, -0.1) is 0 Å². The Kier molecular flexibility index (Phi) is 8.11. The average molecular weight is 472 g/mol. The summed E-state index contributed by atoms with van der Waals surface area (Å²) in [5.74, 6) is 2.77. The van der Waals surface area contributed by atoms with Crippen molar-refractivity contribution in [3.05, 3.63) is 78.0 Å². The Bertz CT molecular complexity index is 1040. The summed E-state index contributed by atoms with van der Waals surface area (Å²) >= 11 is 0. The molecular formula is C29H37N5O. The molecule has 0 radical (unpaired) electrons. The van der Waals surface area contributed by atoms with Gasteiger partial charge < -0.3 is 15.0 Å². The first-order chi connectivity index (χ1) is 17.3. The van der Waals surface area contributed by atoms with Crippen molar-refractivity contribution in [2.45, 2.75) is 57.7 Å². The second-order valence-electron chi connectivity index (χ2n) is 9.76. The fraction of sp³-hybridized carbons (Fsp3) is 0.448. The standard InChI is InChI=1S/C29H37N5O/c1-2-7-18-34(17-6-1)28-13-16-30-29(32-28)31-26-14-19-33(20-15-26)22-25-11-8-12-27(21-25)35-23-24-9-4-3-5-10-24/h3-5,8-13,16,21,26H,1-2,6-7,14-15,17-20,22-23H2,(H,30,31,32). The lowest BCUT2D eigenvalue weighted by Crippen LogP contribution is -2.39. The molecule has 3 heterocycles. The Hall–Kier alpha value is -3.12. The lowest BCUT2D eigenvalue weighted by molar-refractivity contribution is 0.210. The molecule has 2 aliphatic heterocycles. The van der Waals surface area contributed by atoms with Crippen LogP contribution in [0.1, 0.15) is 49.7 Å². The maximum Gasteiger partial charge on any atom is 0.224 e. The lowest BCUT2D eigenvalue weighted by Gasteiger charge is -2.32. The number of rotatable bonds is 8. The summed E-state index contributed by atoms with van der Waals surface area (Å²) in [7, 11) is 0. The lowest BCUT2D eigenvalue weighted by atomic mass is 10.0. The number of benzene rings is 2. The van der Waals surface area contributed by atoms with Gasteiger partial charge in [-0.3, -0.25) is 4.90 Å². The van der Waals surface area contributed by atoms with Gasteiger partial charge in [-0.1, -0.05) is 55.3 Å². The Morgan fingerprint density at radius 1 is 0.829 bits per heavy atom. The van der Waals surface area contributed by atoms with Crippen LogP contribution in [0, 0.1) is 0 Å². The highest BCUT2D eigenvalue weighted by Crippen LogP contribution is 2.22. The van der Waals surface area contributed by atoms with E-state index in [0.29, 0.717) is 12.6 Å². The number of nitrogens with zero attached hydrogens (tertiary/aromatic N) is 4. The predicted octanol–water partition coefficient (Wildman–Crippen LogP) is 5.51. The van der Waals surface area contributed by atoms with E-state index in [1.165, 1.54) is 36.8 Å². The highest BCUT2D eigenvalue weighted by molar-refractivity contribution is 5.43. The van der Waals surface area contributed by atoms with Gasteiger partial charge in [-0.25, -0.2) is 4.98 Å². The molecule has 35 heavy (non-hydrogen) atoms. The first kappa shape index (κ1) is 23.6. The van der Waals surface area contributed by atoms with Crippen molar-refractivity contribution in [3.63, 3.8) is 0 Å². The van der Waals surface area contributed by atoms with E-state index in [-0.39, 0.29) is 0 Å². The highest BCUT2D eigenvalue weighted by atomic mass is 16.5. The predicted molar refractivity (Wildman–Crippen MR) is 142 cm³/mol. The van der Waals surface area contributed by atoms with Crippen molar-refractivity contribution in [1.29, 1.82) is 0 Å². The van der Waals surface area contributed by atoms with Crippen molar-refractivity contribution in [1.82, 2.24) is 14.9 Å². The van der Waals surface area contributed by atoms with Crippen LogP contribution in [-0.2, 0) is 13.2 Å². The first-order valence-corrected chi connectivity index (χ1v) is 13.1. The summed E-state index contributed by atoms with van der Waals surface area (Å²) in [6.07, 6.45) is 9.27. The van der Waals surface area contributed by atoms with Gasteiger partial charge in [0.2, 0.25) is 5.95 Å². The quantitative estimate of drug-likeness (QED) is 0.467. The van der Waals surface area contributed by atoms with E-state index in [0.717, 1.165) is 63.1 Å². The third-order valence-electron chi connectivity index (χ3n) is 7.04. The molecule has 2 aliphatic rings. The molecule has 0 amide bonds. The molecule has 0 aliphatic carbocycles. The molecule has 6 nitrogen and oxygen atoms in total. The number of piperidine rings is 1. The Labute approximate surface area is 209 Å². The molecule has 3 aromatic rings. The minimum atomic E-state index is 0.422. The first-order valence-electron chi connectivity index (χ1n) is 13.1. The van der Waals surface area contributed by atoms with Crippen LogP contribution in [0.4, 0.5) is 11.8 Å². The number of hydrogen-bond donors (Lipinski definition) is 1. The largest absolute Gasteiger partial charge is 0.489 e. The molecule has 0 bridgehead atoms. The normalized spacial score (nSPS) is 17.7. The SMILES string of the molecule is c1ccc(COc2cccc(CN3CCC(Nc4nccc(N5CCCCCC5)n4)CC3)c2)cc1. The number of nitrogens with one attached hydrogen (secondary N) is 1. The molecule has 0 atom stereocenters. The smallest absolute Gasteiger partial charge is 0.224 e. The zero-order valence-electron chi connectivity index (χ0n) is 20.6. The van der Waals surface area contributed by atoms with Crippen molar-refractivity contribution in [3.8, 4) is 5.75 Å². The highest BCUT2D eigenvalue weighted by Gasteiger charge is 2.20. The molecule has 2 fully saturated rings. The Balaban J connectivity index is 1.09. The molecule has 0 saturated carbocycles. The zero-order valence-corrected chi connectivity index (χ0v) is 20.6. The number of anilines is 2. The third kappa shape index (κ3) is 6.95. The summed E-state index contributed by atoms with van der Waals surface area (Å²) in [6.45, 7) is 5.90. The molecule has 0 spiro atoms. The van der Waals surface area contributed by atoms with Crippen LogP contribution in [0.3, 0.4) is 0 Å². The van der Waals surface area contributed by atoms with Crippen LogP contribution in [0.25, 0.3) is 0 Å². The number of likely N-dealkylation sites (tertiary alicyclic amines) is 1. The summed E-state index contributed by atoms with van der Waals surface area (Å²) in [4.78, 5) is 14.3. The van der Waals surface area contributed by atoms with Crippen molar-refractivity contribution >= 4 is 11.8 Å². The maximum atomic E-state index is 6.02. The topological polar surface area (TPSA) is 53.5 Å². The second-order valence-corrected chi connectivity index (χ2v) is 9.76. The van der Waals surface area contributed by atoms with Gasteiger partial charge in [0.25, 0.3) is 0 Å². The van der Waals surface area contributed by atoms with Crippen LogP contribution < -0.4 is 15.0 Å². The van der Waals surface area contributed by atoms with Crippen LogP contribution in [0.2, 0.25) is 0 Å². The summed E-state index contributed by atoms with van der Waals surface area (Å²) in [5.41, 5.74) is 2.49. The van der Waals surface area contributed by atoms with E-state index in [1.807, 2.05) is 30.5 Å². The van der Waals surface area contributed by atoms with Gasteiger partial charge in [0, 0.05) is 45.0 Å². The molecule has 184 valence electrons. The second kappa shape index (κ2) is 12.0. The fourth-order valence-corrected chi connectivity index (χ4v) is 5.05. The van der Waals surface area contributed by atoms with E-state index in [4.69, 9.17) is 9.72 Å². The monoisotopic (exact) mass is 471 g/mol. The third-order valence-corrected chi connectivity index (χ3v) is 7.04. The number of hydrogen-bond acceptors (Lipinski definition) is 6. The maximum absolute atomic E-state index is 6.02.